The van der Waals surface area contributed by atoms with Gasteiger partial charge in [-0.3, -0.25) is 4.79 Å². The molecule has 1 aromatic heterocycles. The smallest absolute Gasteiger partial charge is 0.312 e. The van der Waals surface area contributed by atoms with E-state index in [1.54, 1.807) is 11.3 Å². The average Bonchev–Trinajstić information content (AvgIpc) is 3.02. The molecule has 1 atom stereocenters. The molecule has 3 rings (SSSR count). The Morgan fingerprint density at radius 2 is 2.00 bits per heavy atom. The van der Waals surface area contributed by atoms with Gasteiger partial charge in [-0.1, -0.05) is 26.0 Å². The maximum atomic E-state index is 12.8. The van der Waals surface area contributed by atoms with Crippen molar-refractivity contribution in [1.29, 1.82) is 0 Å². The van der Waals surface area contributed by atoms with Crippen LogP contribution >= 0.6 is 11.3 Å². The molecule has 2 heterocycles. The normalized spacial score (nSPS) is 16.6. The summed E-state index contributed by atoms with van der Waals surface area (Å²) in [4.78, 5) is 32.0. The molecule has 3 amide bonds. The lowest BCUT2D eigenvalue weighted by Crippen LogP contribution is -3.13. The number of hydrogen-bond donors (Lipinski definition) is 3. The first kappa shape index (κ1) is 19.6. The van der Waals surface area contributed by atoms with E-state index >= 15 is 0 Å². The number of aromatic nitrogens is 1. The number of hydrogen-bond acceptors (Lipinski definition) is 4. The van der Waals surface area contributed by atoms with Crippen LogP contribution < -0.4 is 16.0 Å². The highest BCUT2D eigenvalue weighted by Gasteiger charge is 2.30. The molecule has 0 aliphatic carbocycles. The maximum absolute atomic E-state index is 12.8. The van der Waals surface area contributed by atoms with Gasteiger partial charge >= 0.3 is 6.03 Å². The van der Waals surface area contributed by atoms with Crippen molar-refractivity contribution >= 4 is 33.5 Å². The Balaban J connectivity index is 1.55. The summed E-state index contributed by atoms with van der Waals surface area (Å²) < 4.78 is 1.22. The molecule has 0 bridgehead atoms. The van der Waals surface area contributed by atoms with E-state index in [4.69, 9.17) is 10.7 Å². The Hall–Kier alpha value is -2.19. The number of carbonyl (C=O) groups is 2. The fourth-order valence-electron chi connectivity index (χ4n) is 3.51. The monoisotopic (exact) mass is 390 g/mol. The van der Waals surface area contributed by atoms with Gasteiger partial charge in [-0.15, -0.1) is 11.3 Å². The first-order chi connectivity index (χ1) is 12.9. The fraction of sp³-hybridized carbons (Fsp3) is 0.526. The number of urea groups is 1. The number of benzene rings is 1. The van der Waals surface area contributed by atoms with E-state index in [0.717, 1.165) is 30.2 Å². The number of rotatable bonds is 6. The minimum absolute atomic E-state index is 0.0264. The summed E-state index contributed by atoms with van der Waals surface area (Å²) in [5, 5.41) is 3.74. The number of fused-ring (bicyclic) bond motifs is 1. The standard InChI is InChI=1S/C19H27N5O2S/c1-13(2)11-15(22-19(20)26)18(25)24-9-7-23(8-10-24)12-17-21-14-5-3-4-6-16(14)27-17/h3-6,13,15H,7-12H2,1-2H3,(H3,20,22,26)/p+1/t15-/m0/s1. The number of amides is 3. The van der Waals surface area contributed by atoms with Crippen molar-refractivity contribution < 1.29 is 14.5 Å². The Morgan fingerprint density at radius 3 is 2.63 bits per heavy atom. The molecule has 1 aromatic carbocycles. The molecule has 1 aliphatic heterocycles. The first-order valence-electron chi connectivity index (χ1n) is 9.45. The molecule has 8 heteroatoms. The second kappa shape index (κ2) is 8.67. The van der Waals surface area contributed by atoms with Crippen molar-refractivity contribution in [2.75, 3.05) is 26.2 Å². The fourth-order valence-corrected chi connectivity index (χ4v) is 4.55. The molecule has 4 N–H and O–H groups in total. The quantitative estimate of drug-likeness (QED) is 0.675. The van der Waals surface area contributed by atoms with E-state index in [1.165, 1.54) is 9.60 Å². The number of nitrogens with two attached hydrogens (primary N) is 1. The predicted octanol–water partition coefficient (Wildman–Crippen LogP) is 0.606. The van der Waals surface area contributed by atoms with E-state index < -0.39 is 12.1 Å². The topological polar surface area (TPSA) is 92.8 Å². The second-order valence-electron chi connectivity index (χ2n) is 7.52. The maximum Gasteiger partial charge on any atom is 0.312 e. The molecular weight excluding hydrogens is 362 g/mol. The molecule has 2 aromatic rings. The summed E-state index contributed by atoms with van der Waals surface area (Å²) in [6, 6.07) is 7.01. The van der Waals surface area contributed by atoms with Gasteiger partial charge in [-0.2, -0.15) is 0 Å². The molecule has 0 saturated carbocycles. The molecule has 0 spiro atoms. The van der Waals surface area contributed by atoms with Gasteiger partial charge in [0.2, 0.25) is 5.91 Å². The van der Waals surface area contributed by atoms with Crippen molar-refractivity contribution in [3.63, 3.8) is 0 Å². The molecule has 0 unspecified atom stereocenters. The van der Waals surface area contributed by atoms with Crippen LogP contribution in [0.3, 0.4) is 0 Å². The van der Waals surface area contributed by atoms with Gasteiger partial charge in [-0.05, 0) is 24.5 Å². The van der Waals surface area contributed by atoms with Crippen LogP contribution in [0.4, 0.5) is 4.79 Å². The van der Waals surface area contributed by atoms with Gasteiger partial charge in [-0.25, -0.2) is 9.78 Å². The van der Waals surface area contributed by atoms with Crippen LogP contribution in [-0.4, -0.2) is 54.0 Å². The van der Waals surface area contributed by atoms with Gasteiger partial charge < -0.3 is 20.9 Å². The number of para-hydroxylation sites is 1. The average molecular weight is 391 g/mol. The lowest BCUT2D eigenvalue weighted by molar-refractivity contribution is -0.917. The van der Waals surface area contributed by atoms with Crippen LogP contribution in [-0.2, 0) is 11.3 Å². The van der Waals surface area contributed by atoms with Gasteiger partial charge in [0.15, 0.2) is 0 Å². The molecular formula is C19H28N5O2S+. The minimum atomic E-state index is -0.644. The van der Waals surface area contributed by atoms with Crippen molar-refractivity contribution in [3.8, 4) is 0 Å². The third-order valence-electron chi connectivity index (χ3n) is 4.84. The number of carbonyl (C=O) groups excluding carboxylic acids is 2. The molecule has 27 heavy (non-hydrogen) atoms. The lowest BCUT2D eigenvalue weighted by Gasteiger charge is -2.34. The summed E-state index contributed by atoms with van der Waals surface area (Å²) in [5.74, 6) is 0.276. The van der Waals surface area contributed by atoms with E-state index in [2.05, 4.69) is 11.4 Å². The molecule has 7 nitrogen and oxygen atoms in total. The van der Waals surface area contributed by atoms with Crippen LogP contribution in [0.1, 0.15) is 25.3 Å². The van der Waals surface area contributed by atoms with Crippen molar-refractivity contribution in [2.24, 2.45) is 11.7 Å². The Bertz CT molecular complexity index is 765. The number of piperazine rings is 1. The van der Waals surface area contributed by atoms with Crippen molar-refractivity contribution in [1.82, 2.24) is 15.2 Å². The highest BCUT2D eigenvalue weighted by Crippen LogP contribution is 2.20. The molecule has 1 saturated heterocycles. The molecule has 1 fully saturated rings. The first-order valence-corrected chi connectivity index (χ1v) is 10.3. The minimum Gasteiger partial charge on any atom is -0.352 e. The summed E-state index contributed by atoms with van der Waals surface area (Å²) in [6.07, 6.45) is 0.598. The van der Waals surface area contributed by atoms with Crippen LogP contribution in [0, 0.1) is 5.92 Å². The molecule has 1 aliphatic rings. The summed E-state index contributed by atoms with van der Waals surface area (Å²) in [6.45, 7) is 8.09. The van der Waals surface area contributed by atoms with Crippen molar-refractivity contribution in [2.45, 2.75) is 32.9 Å². The highest BCUT2D eigenvalue weighted by molar-refractivity contribution is 7.18. The van der Waals surface area contributed by atoms with E-state index in [-0.39, 0.29) is 5.91 Å². The SMILES string of the molecule is CC(C)C[C@H](NC(N)=O)C(=O)N1CC[NH+](Cc2nc3ccccc3s2)CC1. The van der Waals surface area contributed by atoms with Crippen LogP contribution in [0.5, 0.6) is 0 Å². The molecule has 146 valence electrons. The Labute approximate surface area is 163 Å². The number of nitrogens with zero attached hydrogens (tertiary/aromatic N) is 2. The third kappa shape index (κ3) is 5.17. The zero-order valence-electron chi connectivity index (χ0n) is 15.9. The van der Waals surface area contributed by atoms with Gasteiger partial charge in [0.25, 0.3) is 0 Å². The van der Waals surface area contributed by atoms with Crippen LogP contribution in [0.2, 0.25) is 0 Å². The Morgan fingerprint density at radius 1 is 1.30 bits per heavy atom. The van der Waals surface area contributed by atoms with Gasteiger partial charge in [0.05, 0.1) is 36.4 Å². The zero-order valence-corrected chi connectivity index (χ0v) is 16.7. The number of nitrogens with one attached hydrogen (secondary N) is 2. The Kier molecular flexibility index (Phi) is 6.28. The largest absolute Gasteiger partial charge is 0.352 e. The van der Waals surface area contributed by atoms with Gasteiger partial charge in [0, 0.05) is 0 Å². The van der Waals surface area contributed by atoms with Crippen LogP contribution in [0.25, 0.3) is 10.2 Å². The van der Waals surface area contributed by atoms with E-state index in [9.17, 15) is 9.59 Å². The summed E-state index contributed by atoms with van der Waals surface area (Å²) in [5.41, 5.74) is 6.30. The van der Waals surface area contributed by atoms with E-state index in [0.29, 0.717) is 25.4 Å². The van der Waals surface area contributed by atoms with Gasteiger partial charge in [0.1, 0.15) is 17.6 Å². The number of primary amides is 1. The van der Waals surface area contributed by atoms with E-state index in [1.807, 2.05) is 36.9 Å². The lowest BCUT2D eigenvalue weighted by atomic mass is 10.0. The third-order valence-corrected chi connectivity index (χ3v) is 5.88. The number of quaternary nitrogens is 1. The van der Waals surface area contributed by atoms with Crippen LogP contribution in [0.15, 0.2) is 24.3 Å². The summed E-state index contributed by atoms with van der Waals surface area (Å²) in [7, 11) is 0. The predicted molar refractivity (Wildman–Crippen MR) is 107 cm³/mol. The summed E-state index contributed by atoms with van der Waals surface area (Å²) >= 11 is 1.74. The number of thiazole rings is 1. The van der Waals surface area contributed by atoms with Crippen molar-refractivity contribution in [3.05, 3.63) is 29.3 Å². The zero-order chi connectivity index (χ0) is 19.4. The second-order valence-corrected chi connectivity index (χ2v) is 8.63. The highest BCUT2D eigenvalue weighted by atomic mass is 32.1. The molecule has 0 radical (unpaired) electrons.